The second kappa shape index (κ2) is 6.01. The molecular formula is C14H23N3. The van der Waals surface area contributed by atoms with E-state index in [-0.39, 0.29) is 0 Å². The smallest absolute Gasteiger partial charge is 0.128 e. The zero-order valence-corrected chi connectivity index (χ0v) is 10.7. The van der Waals surface area contributed by atoms with Gasteiger partial charge in [0.25, 0.3) is 0 Å². The minimum atomic E-state index is 0.641. The lowest BCUT2D eigenvalue weighted by Crippen LogP contribution is -2.40. The number of hydrogen-bond donors (Lipinski definition) is 1. The summed E-state index contributed by atoms with van der Waals surface area (Å²) in [5.74, 6) is 1.09. The predicted octanol–water partition coefficient (Wildman–Crippen LogP) is 2.49. The number of anilines is 1. The first kappa shape index (κ1) is 12.4. The van der Waals surface area contributed by atoms with E-state index in [1.165, 1.54) is 37.7 Å². The molecule has 3 nitrogen and oxygen atoms in total. The average Bonchev–Trinajstić information content (AvgIpc) is 2.38. The molecule has 94 valence electrons. The third-order valence-electron chi connectivity index (χ3n) is 3.58. The Morgan fingerprint density at radius 2 is 2.06 bits per heavy atom. The number of rotatable bonds is 4. The van der Waals surface area contributed by atoms with E-state index in [0.29, 0.717) is 12.6 Å². The molecule has 1 aromatic rings. The van der Waals surface area contributed by atoms with E-state index < -0.39 is 0 Å². The van der Waals surface area contributed by atoms with Crippen molar-refractivity contribution >= 4 is 5.82 Å². The molecule has 1 saturated carbocycles. The molecule has 3 heteroatoms. The Morgan fingerprint density at radius 1 is 1.29 bits per heavy atom. The number of nitrogens with zero attached hydrogens (tertiary/aromatic N) is 2. The van der Waals surface area contributed by atoms with E-state index >= 15 is 0 Å². The highest BCUT2D eigenvalue weighted by atomic mass is 15.2. The molecule has 1 aliphatic carbocycles. The fourth-order valence-electron chi connectivity index (χ4n) is 2.65. The molecule has 1 fully saturated rings. The summed E-state index contributed by atoms with van der Waals surface area (Å²) in [4.78, 5) is 6.94. The van der Waals surface area contributed by atoms with Crippen LogP contribution in [-0.2, 0) is 0 Å². The Balaban J connectivity index is 2.12. The summed E-state index contributed by atoms with van der Waals surface area (Å²) in [6.45, 7) is 3.69. The van der Waals surface area contributed by atoms with Crippen molar-refractivity contribution in [1.82, 2.24) is 4.98 Å². The molecule has 17 heavy (non-hydrogen) atoms. The molecule has 0 radical (unpaired) electrons. The van der Waals surface area contributed by atoms with Gasteiger partial charge in [-0.2, -0.15) is 0 Å². The van der Waals surface area contributed by atoms with Crippen molar-refractivity contribution in [2.45, 2.75) is 45.1 Å². The fraction of sp³-hybridized carbons (Fsp3) is 0.643. The Bertz CT molecular complexity index is 328. The van der Waals surface area contributed by atoms with Crippen molar-refractivity contribution < 1.29 is 0 Å². The molecule has 1 aromatic heterocycles. The highest BCUT2D eigenvalue weighted by Gasteiger charge is 2.21. The van der Waals surface area contributed by atoms with Crippen molar-refractivity contribution in [3.63, 3.8) is 0 Å². The minimum Gasteiger partial charge on any atom is -0.352 e. The monoisotopic (exact) mass is 233 g/mol. The normalized spacial score (nSPS) is 17.1. The molecule has 0 spiro atoms. The van der Waals surface area contributed by atoms with Gasteiger partial charge in [0.15, 0.2) is 0 Å². The Kier molecular flexibility index (Phi) is 4.37. The molecule has 0 aromatic carbocycles. The summed E-state index contributed by atoms with van der Waals surface area (Å²) in [7, 11) is 0. The van der Waals surface area contributed by atoms with Gasteiger partial charge in [-0.25, -0.2) is 4.98 Å². The fourth-order valence-corrected chi connectivity index (χ4v) is 2.65. The van der Waals surface area contributed by atoms with Crippen molar-refractivity contribution in [1.29, 1.82) is 0 Å². The first-order valence-corrected chi connectivity index (χ1v) is 6.70. The number of aryl methyl sites for hydroxylation is 1. The van der Waals surface area contributed by atoms with Gasteiger partial charge in [0, 0.05) is 25.3 Å². The Hall–Kier alpha value is -1.09. The van der Waals surface area contributed by atoms with Crippen molar-refractivity contribution in [2.24, 2.45) is 5.73 Å². The molecule has 1 heterocycles. The molecule has 2 rings (SSSR count). The van der Waals surface area contributed by atoms with E-state index in [1.54, 1.807) is 0 Å². The van der Waals surface area contributed by atoms with Crippen LogP contribution in [0.3, 0.4) is 0 Å². The predicted molar refractivity (Wildman–Crippen MR) is 72.2 cm³/mol. The second-order valence-corrected chi connectivity index (χ2v) is 4.97. The number of aromatic nitrogens is 1. The first-order chi connectivity index (χ1) is 8.31. The summed E-state index contributed by atoms with van der Waals surface area (Å²) < 4.78 is 0. The summed E-state index contributed by atoms with van der Waals surface area (Å²) in [6, 6.07) is 4.90. The number of hydrogen-bond acceptors (Lipinski definition) is 3. The van der Waals surface area contributed by atoms with Crippen LogP contribution < -0.4 is 10.6 Å². The van der Waals surface area contributed by atoms with Crippen molar-refractivity contribution in [2.75, 3.05) is 18.0 Å². The van der Waals surface area contributed by atoms with E-state index in [4.69, 9.17) is 5.73 Å². The maximum absolute atomic E-state index is 5.73. The summed E-state index contributed by atoms with van der Waals surface area (Å²) in [6.07, 6.45) is 8.59. The van der Waals surface area contributed by atoms with Crippen molar-refractivity contribution in [3.05, 3.63) is 23.9 Å². The lowest BCUT2D eigenvalue weighted by atomic mass is 9.94. The van der Waals surface area contributed by atoms with E-state index in [1.807, 2.05) is 6.20 Å². The summed E-state index contributed by atoms with van der Waals surface area (Å²) in [5.41, 5.74) is 6.95. The molecular weight excluding hydrogens is 210 g/mol. The van der Waals surface area contributed by atoms with Crippen LogP contribution in [0.1, 0.15) is 37.7 Å². The summed E-state index contributed by atoms with van der Waals surface area (Å²) >= 11 is 0. The van der Waals surface area contributed by atoms with Gasteiger partial charge in [-0.05, 0) is 31.4 Å². The molecule has 0 atom stereocenters. The van der Waals surface area contributed by atoms with E-state index in [0.717, 1.165) is 12.4 Å². The maximum atomic E-state index is 5.73. The summed E-state index contributed by atoms with van der Waals surface area (Å²) in [5, 5.41) is 0. The largest absolute Gasteiger partial charge is 0.352 e. The average molecular weight is 233 g/mol. The van der Waals surface area contributed by atoms with E-state index in [2.05, 4.69) is 28.9 Å². The minimum absolute atomic E-state index is 0.641. The van der Waals surface area contributed by atoms with Crippen LogP contribution in [0.15, 0.2) is 18.3 Å². The van der Waals surface area contributed by atoms with Crippen molar-refractivity contribution in [3.8, 4) is 0 Å². The third-order valence-corrected chi connectivity index (χ3v) is 3.58. The highest BCUT2D eigenvalue weighted by Crippen LogP contribution is 2.25. The number of nitrogens with two attached hydrogens (primary N) is 1. The van der Waals surface area contributed by atoms with Crippen LogP contribution in [0.25, 0.3) is 0 Å². The van der Waals surface area contributed by atoms with Gasteiger partial charge in [0.05, 0.1) is 0 Å². The molecule has 1 aliphatic rings. The van der Waals surface area contributed by atoms with Gasteiger partial charge in [-0.1, -0.05) is 25.3 Å². The second-order valence-electron chi connectivity index (χ2n) is 4.97. The van der Waals surface area contributed by atoms with Crippen LogP contribution in [0, 0.1) is 6.92 Å². The SMILES string of the molecule is Cc1ccc(N(CCN)C2CCCCC2)nc1. The van der Waals surface area contributed by atoms with Crippen LogP contribution in [0.2, 0.25) is 0 Å². The zero-order chi connectivity index (χ0) is 12.1. The Labute approximate surface area is 104 Å². The van der Waals surface area contributed by atoms with Crippen LogP contribution in [0.5, 0.6) is 0 Å². The molecule has 0 unspecified atom stereocenters. The Morgan fingerprint density at radius 3 is 2.65 bits per heavy atom. The van der Waals surface area contributed by atoms with Gasteiger partial charge in [-0.3, -0.25) is 0 Å². The molecule has 0 bridgehead atoms. The molecule has 0 aliphatic heterocycles. The van der Waals surface area contributed by atoms with Crippen LogP contribution in [-0.4, -0.2) is 24.1 Å². The molecule has 0 amide bonds. The number of pyridine rings is 1. The lowest BCUT2D eigenvalue weighted by Gasteiger charge is -2.35. The molecule has 2 N–H and O–H groups in total. The van der Waals surface area contributed by atoms with E-state index in [9.17, 15) is 0 Å². The van der Waals surface area contributed by atoms with Gasteiger partial charge in [-0.15, -0.1) is 0 Å². The zero-order valence-electron chi connectivity index (χ0n) is 10.7. The van der Waals surface area contributed by atoms with Gasteiger partial charge < -0.3 is 10.6 Å². The third kappa shape index (κ3) is 3.19. The van der Waals surface area contributed by atoms with Crippen LogP contribution in [0.4, 0.5) is 5.82 Å². The highest BCUT2D eigenvalue weighted by molar-refractivity contribution is 5.40. The van der Waals surface area contributed by atoms with Crippen LogP contribution >= 0.6 is 0 Å². The van der Waals surface area contributed by atoms with Gasteiger partial charge in [0.1, 0.15) is 5.82 Å². The quantitative estimate of drug-likeness (QED) is 0.868. The first-order valence-electron chi connectivity index (χ1n) is 6.70. The topological polar surface area (TPSA) is 42.1 Å². The van der Waals surface area contributed by atoms with Gasteiger partial charge >= 0.3 is 0 Å². The molecule has 0 saturated heterocycles. The maximum Gasteiger partial charge on any atom is 0.128 e. The lowest BCUT2D eigenvalue weighted by molar-refractivity contribution is 0.414. The standard InChI is InChI=1S/C14H23N3/c1-12-7-8-14(16-11-12)17(10-9-15)13-5-3-2-4-6-13/h7-8,11,13H,2-6,9-10,15H2,1H3. The van der Waals surface area contributed by atoms with Gasteiger partial charge in [0.2, 0.25) is 0 Å².